The molecule has 0 unspecified atom stereocenters. The van der Waals surface area contributed by atoms with Gasteiger partial charge < -0.3 is 10.1 Å². The molecule has 0 bridgehead atoms. The molecule has 1 fully saturated rings. The molecule has 12 heteroatoms. The number of rotatable bonds is 6. The molecular weight excluding hydrogens is 427 g/mol. The fourth-order valence-electron chi connectivity index (χ4n) is 3.44. The normalized spacial score (nSPS) is 17.2. The quantitative estimate of drug-likeness (QED) is 0.597. The van der Waals surface area contributed by atoms with Crippen molar-refractivity contribution in [1.82, 2.24) is 25.1 Å². The van der Waals surface area contributed by atoms with E-state index in [1.807, 2.05) is 0 Å². The van der Waals surface area contributed by atoms with Crippen LogP contribution in [0.5, 0.6) is 5.75 Å². The summed E-state index contributed by atoms with van der Waals surface area (Å²) in [4.78, 5) is 28.3. The maximum absolute atomic E-state index is 14.6. The number of H-pyrrole nitrogens is 1. The number of aryl methyl sites for hydroxylation is 1. The number of aromatic amines is 1. The zero-order chi connectivity index (χ0) is 22.7. The van der Waals surface area contributed by atoms with Gasteiger partial charge in [0, 0.05) is 29.9 Å². The number of aromatic nitrogens is 5. The Kier molecular flexibility index (Phi) is 6.10. The highest BCUT2D eigenvalue weighted by Gasteiger charge is 2.22. The van der Waals surface area contributed by atoms with E-state index in [9.17, 15) is 18.0 Å². The number of aliphatic imine (C=N–C) groups is 1. The highest BCUT2D eigenvalue weighted by molar-refractivity contribution is 5.89. The van der Waals surface area contributed by atoms with Crippen LogP contribution in [0.4, 0.5) is 24.9 Å². The Labute approximate surface area is 179 Å². The summed E-state index contributed by atoms with van der Waals surface area (Å²) in [5, 5.41) is 9.12. The van der Waals surface area contributed by atoms with Gasteiger partial charge in [-0.3, -0.25) is 4.79 Å². The second kappa shape index (κ2) is 9.12. The zero-order valence-corrected chi connectivity index (χ0v) is 16.8. The maximum atomic E-state index is 14.6. The summed E-state index contributed by atoms with van der Waals surface area (Å²) < 4.78 is 43.2. The molecule has 1 atom stereocenters. The Morgan fingerprint density at radius 3 is 2.69 bits per heavy atom. The average Bonchev–Trinajstić information content (AvgIpc) is 3.18. The van der Waals surface area contributed by atoms with E-state index in [0.717, 1.165) is 18.1 Å². The summed E-state index contributed by atoms with van der Waals surface area (Å²) in [6, 6.07) is 1.18. The fraction of sp³-hybridized carbons (Fsp3) is 0.300. The summed E-state index contributed by atoms with van der Waals surface area (Å²) in [5.74, 6) is -0.560. The van der Waals surface area contributed by atoms with Crippen LogP contribution in [-0.2, 0) is 0 Å². The molecule has 1 saturated carbocycles. The molecule has 3 heterocycles. The largest absolute Gasteiger partial charge is 0.432 e. The van der Waals surface area contributed by atoms with Crippen LogP contribution in [0.1, 0.15) is 24.8 Å². The number of nitrogens with one attached hydrogen (secondary N) is 2. The minimum absolute atomic E-state index is 0.0454. The van der Waals surface area contributed by atoms with Gasteiger partial charge >= 0.3 is 6.61 Å². The standard InChI is InChI=1S/C20H18F3N7O2/c1-10-6-27-30-18(31)16(10)11-4-15(21)17(24-7-11)28-12-2-3-13(5-12)29-20-25-8-14(9-26-20)32-19(22)23/h4,6-9,13,19H,2-3,5H2,1H3,(H,30,31)(H,25,26,29)/b28-12+/t13-/m0/s1. The molecule has 0 aromatic carbocycles. The number of anilines is 1. The van der Waals surface area contributed by atoms with Gasteiger partial charge in [0.1, 0.15) is 0 Å². The Hall–Kier alpha value is -3.83. The van der Waals surface area contributed by atoms with Crippen molar-refractivity contribution >= 4 is 17.5 Å². The first-order valence-electron chi connectivity index (χ1n) is 9.69. The van der Waals surface area contributed by atoms with Crippen LogP contribution in [0, 0.1) is 12.7 Å². The smallest absolute Gasteiger partial charge is 0.387 e. The summed E-state index contributed by atoms with van der Waals surface area (Å²) in [5.41, 5.74) is 1.58. The highest BCUT2D eigenvalue weighted by Crippen LogP contribution is 2.26. The monoisotopic (exact) mass is 445 g/mol. The summed E-state index contributed by atoms with van der Waals surface area (Å²) >= 11 is 0. The number of halogens is 3. The molecule has 0 aliphatic heterocycles. The molecule has 1 aliphatic carbocycles. The van der Waals surface area contributed by atoms with Crippen molar-refractivity contribution in [3.8, 4) is 16.9 Å². The van der Waals surface area contributed by atoms with Crippen molar-refractivity contribution in [1.29, 1.82) is 0 Å². The van der Waals surface area contributed by atoms with Gasteiger partial charge in [-0.2, -0.15) is 13.9 Å². The molecule has 0 radical (unpaired) electrons. The fourth-order valence-corrected chi connectivity index (χ4v) is 3.44. The molecule has 2 N–H and O–H groups in total. The molecular formula is C20H18F3N7O2. The van der Waals surface area contributed by atoms with E-state index in [1.54, 1.807) is 6.92 Å². The zero-order valence-electron chi connectivity index (χ0n) is 16.8. The number of nitrogens with zero attached hydrogens (tertiary/aromatic N) is 5. The molecule has 0 spiro atoms. The molecule has 1 aliphatic rings. The third-order valence-corrected chi connectivity index (χ3v) is 4.87. The lowest BCUT2D eigenvalue weighted by Crippen LogP contribution is -2.17. The number of pyridine rings is 1. The number of hydrogen-bond donors (Lipinski definition) is 2. The lowest BCUT2D eigenvalue weighted by Gasteiger charge is -2.11. The molecule has 3 aromatic rings. The Morgan fingerprint density at radius 1 is 1.22 bits per heavy atom. The van der Waals surface area contributed by atoms with E-state index in [2.05, 4.69) is 40.2 Å². The van der Waals surface area contributed by atoms with E-state index in [0.29, 0.717) is 36.0 Å². The van der Waals surface area contributed by atoms with E-state index in [-0.39, 0.29) is 23.6 Å². The predicted octanol–water partition coefficient (Wildman–Crippen LogP) is 3.41. The first-order valence-corrected chi connectivity index (χ1v) is 9.69. The van der Waals surface area contributed by atoms with Crippen molar-refractivity contribution in [3.63, 3.8) is 0 Å². The van der Waals surface area contributed by atoms with Crippen LogP contribution in [0.15, 0.2) is 40.6 Å². The van der Waals surface area contributed by atoms with Gasteiger partial charge in [0.2, 0.25) is 5.95 Å². The van der Waals surface area contributed by atoms with Gasteiger partial charge in [-0.1, -0.05) is 0 Å². The molecule has 9 nitrogen and oxygen atoms in total. The molecule has 166 valence electrons. The SMILES string of the molecule is Cc1cn[nH]c(=O)c1-c1cnc(/N=C2\CC[C@H](Nc3ncc(OC(F)F)cn3)C2)c(F)c1. The van der Waals surface area contributed by atoms with Gasteiger partial charge in [-0.25, -0.2) is 29.4 Å². The molecule has 32 heavy (non-hydrogen) atoms. The van der Waals surface area contributed by atoms with Gasteiger partial charge in [0.05, 0.1) is 24.2 Å². The van der Waals surface area contributed by atoms with Crippen molar-refractivity contribution in [2.24, 2.45) is 4.99 Å². The van der Waals surface area contributed by atoms with Crippen LogP contribution in [0.3, 0.4) is 0 Å². The van der Waals surface area contributed by atoms with Crippen LogP contribution >= 0.6 is 0 Å². The van der Waals surface area contributed by atoms with E-state index in [4.69, 9.17) is 0 Å². The highest BCUT2D eigenvalue weighted by atomic mass is 19.3. The topological polar surface area (TPSA) is 118 Å². The lowest BCUT2D eigenvalue weighted by atomic mass is 10.1. The molecule has 4 rings (SSSR count). The summed E-state index contributed by atoms with van der Waals surface area (Å²) in [7, 11) is 0. The summed E-state index contributed by atoms with van der Waals surface area (Å²) in [6.45, 7) is -1.23. The average molecular weight is 445 g/mol. The first-order chi connectivity index (χ1) is 15.4. The Bertz CT molecular complexity index is 1200. The lowest BCUT2D eigenvalue weighted by molar-refractivity contribution is -0.0503. The van der Waals surface area contributed by atoms with Crippen LogP contribution in [-0.4, -0.2) is 43.5 Å². The van der Waals surface area contributed by atoms with Crippen molar-refractivity contribution in [3.05, 3.63) is 52.6 Å². The molecule has 3 aromatic heterocycles. The van der Waals surface area contributed by atoms with E-state index < -0.39 is 18.0 Å². The van der Waals surface area contributed by atoms with Gasteiger partial charge in [-0.05, 0) is 31.4 Å². The van der Waals surface area contributed by atoms with Crippen LogP contribution in [0.25, 0.3) is 11.1 Å². The van der Waals surface area contributed by atoms with Gasteiger partial charge in [0.15, 0.2) is 17.4 Å². The maximum Gasteiger partial charge on any atom is 0.387 e. The van der Waals surface area contributed by atoms with E-state index >= 15 is 0 Å². The summed E-state index contributed by atoms with van der Waals surface area (Å²) in [6.07, 6.45) is 7.05. The van der Waals surface area contributed by atoms with Crippen LogP contribution < -0.4 is 15.6 Å². The van der Waals surface area contributed by atoms with Crippen molar-refractivity contribution < 1.29 is 17.9 Å². The predicted molar refractivity (Wildman–Crippen MR) is 110 cm³/mol. The third kappa shape index (κ3) is 4.90. The Balaban J connectivity index is 1.43. The minimum Gasteiger partial charge on any atom is -0.432 e. The Morgan fingerprint density at radius 2 is 2.00 bits per heavy atom. The molecule has 0 saturated heterocycles. The number of alkyl halides is 2. The van der Waals surface area contributed by atoms with Gasteiger partial charge in [0.25, 0.3) is 5.56 Å². The number of hydrogen-bond acceptors (Lipinski definition) is 8. The van der Waals surface area contributed by atoms with Crippen molar-refractivity contribution in [2.75, 3.05) is 5.32 Å². The molecule has 0 amide bonds. The van der Waals surface area contributed by atoms with Gasteiger partial charge in [-0.15, -0.1) is 0 Å². The first kappa shape index (κ1) is 21.4. The second-order valence-corrected chi connectivity index (χ2v) is 7.17. The second-order valence-electron chi connectivity index (χ2n) is 7.17. The minimum atomic E-state index is -2.94. The van der Waals surface area contributed by atoms with Crippen molar-refractivity contribution in [2.45, 2.75) is 38.8 Å². The van der Waals surface area contributed by atoms with Crippen LogP contribution in [0.2, 0.25) is 0 Å². The van der Waals surface area contributed by atoms with E-state index in [1.165, 1.54) is 18.5 Å². The third-order valence-electron chi connectivity index (χ3n) is 4.87. The number of ether oxygens (including phenoxy) is 1.